The molecule has 1 atom stereocenters. The van der Waals surface area contributed by atoms with Gasteiger partial charge in [-0.15, -0.1) is 0 Å². The molecule has 0 aliphatic rings. The summed E-state index contributed by atoms with van der Waals surface area (Å²) in [6, 6.07) is 6.59. The minimum Gasteiger partial charge on any atom is -0.396 e. The number of nitrogens with one attached hydrogen (secondary N) is 1. The molecular weight excluding hydrogens is 226 g/mol. The Morgan fingerprint density at radius 2 is 1.88 bits per heavy atom. The van der Waals surface area contributed by atoms with Crippen LogP contribution >= 0.6 is 0 Å². The van der Waals surface area contributed by atoms with E-state index < -0.39 is 9.84 Å². The summed E-state index contributed by atoms with van der Waals surface area (Å²) in [4.78, 5) is 0.313. The molecule has 0 radical (unpaired) electrons. The Balaban J connectivity index is 2.66. The van der Waals surface area contributed by atoms with Gasteiger partial charge in [-0.3, -0.25) is 0 Å². The van der Waals surface area contributed by atoms with E-state index in [1.54, 1.807) is 24.3 Å². The van der Waals surface area contributed by atoms with Gasteiger partial charge in [-0.25, -0.2) is 8.42 Å². The molecule has 5 heteroatoms. The zero-order chi connectivity index (χ0) is 12.2. The highest BCUT2D eigenvalue weighted by molar-refractivity contribution is 7.90. The van der Waals surface area contributed by atoms with Gasteiger partial charge in [0, 0.05) is 25.1 Å². The normalized spacial score (nSPS) is 13.4. The van der Waals surface area contributed by atoms with Gasteiger partial charge in [0.15, 0.2) is 9.84 Å². The van der Waals surface area contributed by atoms with Gasteiger partial charge in [-0.05, 0) is 30.2 Å². The monoisotopic (exact) mass is 243 g/mol. The van der Waals surface area contributed by atoms with Gasteiger partial charge in [0.2, 0.25) is 0 Å². The Morgan fingerprint density at radius 3 is 2.31 bits per heavy atom. The van der Waals surface area contributed by atoms with Crippen molar-refractivity contribution in [3.63, 3.8) is 0 Å². The lowest BCUT2D eigenvalue weighted by molar-refractivity contribution is 0.244. The van der Waals surface area contributed by atoms with Gasteiger partial charge in [0.1, 0.15) is 0 Å². The third-order valence-corrected chi connectivity index (χ3v) is 3.38. The molecule has 0 aliphatic heterocycles. The van der Waals surface area contributed by atoms with Gasteiger partial charge in [-0.2, -0.15) is 0 Å². The van der Waals surface area contributed by atoms with E-state index in [0.29, 0.717) is 11.4 Å². The minimum atomic E-state index is -3.12. The molecule has 1 rings (SSSR count). The predicted molar refractivity (Wildman–Crippen MR) is 64.3 cm³/mol. The van der Waals surface area contributed by atoms with Crippen LogP contribution in [0.5, 0.6) is 0 Å². The van der Waals surface area contributed by atoms with Gasteiger partial charge in [0.05, 0.1) is 4.90 Å². The summed E-state index contributed by atoms with van der Waals surface area (Å²) in [5.41, 5.74) is 0.854. The van der Waals surface area contributed by atoms with E-state index in [1.807, 2.05) is 6.92 Å². The highest BCUT2D eigenvalue weighted by Crippen LogP contribution is 2.14. The molecule has 1 aromatic rings. The SMILES string of the molecule is CC(CO)CNc1ccc(S(C)(=O)=O)cc1. The van der Waals surface area contributed by atoms with Crippen molar-refractivity contribution in [1.82, 2.24) is 0 Å². The Morgan fingerprint density at radius 1 is 1.31 bits per heavy atom. The van der Waals surface area contributed by atoms with E-state index in [1.165, 1.54) is 6.26 Å². The molecule has 1 aromatic carbocycles. The van der Waals surface area contributed by atoms with Crippen molar-refractivity contribution in [3.05, 3.63) is 24.3 Å². The van der Waals surface area contributed by atoms with Gasteiger partial charge < -0.3 is 10.4 Å². The van der Waals surface area contributed by atoms with Crippen LogP contribution in [0.2, 0.25) is 0 Å². The maximum atomic E-state index is 11.2. The van der Waals surface area contributed by atoms with E-state index in [0.717, 1.165) is 5.69 Å². The van der Waals surface area contributed by atoms with E-state index >= 15 is 0 Å². The highest BCUT2D eigenvalue weighted by Gasteiger charge is 2.06. The molecule has 0 aromatic heterocycles. The van der Waals surface area contributed by atoms with Crippen LogP contribution in [0.1, 0.15) is 6.92 Å². The van der Waals surface area contributed by atoms with Crippen LogP contribution in [0.25, 0.3) is 0 Å². The molecule has 0 aliphatic carbocycles. The second-order valence-electron chi connectivity index (χ2n) is 3.97. The number of anilines is 1. The predicted octanol–water partition coefficient (Wildman–Crippen LogP) is 1.13. The minimum absolute atomic E-state index is 0.133. The number of rotatable bonds is 5. The Labute approximate surface area is 96.2 Å². The molecule has 0 spiro atoms. The smallest absolute Gasteiger partial charge is 0.175 e. The molecule has 0 fully saturated rings. The molecule has 2 N–H and O–H groups in total. The van der Waals surface area contributed by atoms with E-state index in [4.69, 9.17) is 5.11 Å². The summed E-state index contributed by atoms with van der Waals surface area (Å²) in [5, 5.41) is 12.0. The Bertz CT molecular complexity index is 425. The standard InChI is InChI=1S/C11H17NO3S/c1-9(8-13)7-12-10-3-5-11(6-4-10)16(2,14)15/h3-6,9,12-13H,7-8H2,1-2H3. The van der Waals surface area contributed by atoms with Crippen molar-refractivity contribution in [1.29, 1.82) is 0 Å². The first-order valence-electron chi connectivity index (χ1n) is 5.08. The first-order valence-corrected chi connectivity index (χ1v) is 6.97. The van der Waals surface area contributed by atoms with E-state index in [-0.39, 0.29) is 12.5 Å². The van der Waals surface area contributed by atoms with Crippen LogP contribution in [0.15, 0.2) is 29.2 Å². The first kappa shape index (κ1) is 13.0. The highest BCUT2D eigenvalue weighted by atomic mass is 32.2. The van der Waals surface area contributed by atoms with Gasteiger partial charge in [-0.1, -0.05) is 6.92 Å². The van der Waals surface area contributed by atoms with E-state index in [9.17, 15) is 8.42 Å². The molecule has 0 saturated heterocycles. The molecule has 0 bridgehead atoms. The number of hydrogen-bond acceptors (Lipinski definition) is 4. The number of sulfone groups is 1. The van der Waals surface area contributed by atoms with Crippen molar-refractivity contribution in [2.45, 2.75) is 11.8 Å². The Kier molecular flexibility index (Phi) is 4.32. The number of aliphatic hydroxyl groups excluding tert-OH is 1. The lowest BCUT2D eigenvalue weighted by Gasteiger charge is -2.10. The topological polar surface area (TPSA) is 66.4 Å². The average Bonchev–Trinajstić information content (AvgIpc) is 2.25. The number of aliphatic hydroxyl groups is 1. The second kappa shape index (κ2) is 5.32. The fourth-order valence-corrected chi connectivity index (χ4v) is 1.81. The zero-order valence-electron chi connectivity index (χ0n) is 9.47. The van der Waals surface area contributed by atoms with Crippen LogP contribution in [0, 0.1) is 5.92 Å². The maximum Gasteiger partial charge on any atom is 0.175 e. The van der Waals surface area contributed by atoms with Gasteiger partial charge in [0.25, 0.3) is 0 Å². The fraction of sp³-hybridized carbons (Fsp3) is 0.455. The molecular formula is C11H17NO3S. The van der Waals surface area contributed by atoms with E-state index in [2.05, 4.69) is 5.32 Å². The third-order valence-electron chi connectivity index (χ3n) is 2.25. The fourth-order valence-electron chi connectivity index (χ4n) is 1.18. The summed E-state index contributed by atoms with van der Waals surface area (Å²) in [6.45, 7) is 2.72. The molecule has 1 unspecified atom stereocenters. The summed E-state index contributed by atoms with van der Waals surface area (Å²) in [6.07, 6.45) is 1.18. The Hall–Kier alpha value is -1.07. The van der Waals surface area contributed by atoms with Crippen molar-refractivity contribution < 1.29 is 13.5 Å². The third kappa shape index (κ3) is 3.83. The quantitative estimate of drug-likeness (QED) is 0.813. The first-order chi connectivity index (χ1) is 7.43. The number of hydrogen-bond donors (Lipinski definition) is 2. The zero-order valence-corrected chi connectivity index (χ0v) is 10.3. The summed E-state index contributed by atoms with van der Waals surface area (Å²) in [5.74, 6) is 0.176. The summed E-state index contributed by atoms with van der Waals surface area (Å²) < 4.78 is 22.4. The molecule has 90 valence electrons. The van der Waals surface area contributed by atoms with Gasteiger partial charge >= 0.3 is 0 Å². The molecule has 0 heterocycles. The maximum absolute atomic E-state index is 11.2. The summed E-state index contributed by atoms with van der Waals surface area (Å²) >= 11 is 0. The molecule has 4 nitrogen and oxygen atoms in total. The second-order valence-corrected chi connectivity index (χ2v) is 5.98. The van der Waals surface area contributed by atoms with Crippen LogP contribution in [0.3, 0.4) is 0 Å². The van der Waals surface area contributed by atoms with Crippen molar-refractivity contribution in [2.24, 2.45) is 5.92 Å². The van der Waals surface area contributed by atoms with Crippen molar-refractivity contribution in [2.75, 3.05) is 24.7 Å². The lowest BCUT2D eigenvalue weighted by atomic mass is 10.2. The average molecular weight is 243 g/mol. The number of benzene rings is 1. The van der Waals surface area contributed by atoms with Crippen LogP contribution < -0.4 is 5.32 Å². The van der Waals surface area contributed by atoms with Crippen LogP contribution in [-0.4, -0.2) is 32.9 Å². The van der Waals surface area contributed by atoms with Crippen molar-refractivity contribution >= 4 is 15.5 Å². The molecule has 0 saturated carbocycles. The largest absolute Gasteiger partial charge is 0.396 e. The van der Waals surface area contributed by atoms with Crippen molar-refractivity contribution in [3.8, 4) is 0 Å². The van der Waals surface area contributed by atoms with Crippen LogP contribution in [-0.2, 0) is 9.84 Å². The summed E-state index contributed by atoms with van der Waals surface area (Å²) in [7, 11) is -3.12. The molecule has 16 heavy (non-hydrogen) atoms. The molecule has 0 amide bonds. The lowest BCUT2D eigenvalue weighted by Crippen LogP contribution is -2.14. The van der Waals surface area contributed by atoms with Crippen LogP contribution in [0.4, 0.5) is 5.69 Å².